The number of halogens is 1. The molecular weight excluding hydrogens is 306 g/mol. The summed E-state index contributed by atoms with van der Waals surface area (Å²) in [5.74, 6) is -0.433. The monoisotopic (exact) mass is 327 g/mol. The SMILES string of the molecule is CCCCN1CC(C)(C)[C@@H](OC(C)=O)C1=O.[O-][Cl+3]([O-])([O-])O. The maximum absolute atomic E-state index is 12.0. The third-order valence-electron chi connectivity index (χ3n) is 2.91. The number of unbranched alkanes of at least 4 members (excludes halogenated alkanes) is 1. The molecule has 1 amide bonds. The van der Waals surface area contributed by atoms with Crippen LogP contribution in [0.15, 0.2) is 0 Å². The molecule has 0 aromatic carbocycles. The van der Waals surface area contributed by atoms with Crippen molar-refractivity contribution in [1.29, 1.82) is 0 Å². The van der Waals surface area contributed by atoms with E-state index in [2.05, 4.69) is 6.92 Å². The zero-order valence-electron chi connectivity index (χ0n) is 12.6. The molecule has 0 aromatic heterocycles. The van der Waals surface area contributed by atoms with Crippen LogP contribution in [0.25, 0.3) is 0 Å². The molecule has 1 saturated heterocycles. The van der Waals surface area contributed by atoms with Gasteiger partial charge in [0.15, 0.2) is 6.10 Å². The lowest BCUT2D eigenvalue weighted by molar-refractivity contribution is -1.92. The number of esters is 1. The van der Waals surface area contributed by atoms with Crippen LogP contribution >= 0.6 is 0 Å². The minimum absolute atomic E-state index is 0.0475. The molecule has 8 nitrogen and oxygen atoms in total. The van der Waals surface area contributed by atoms with Gasteiger partial charge >= 0.3 is 5.97 Å². The summed E-state index contributed by atoms with van der Waals surface area (Å²) in [5.41, 5.74) is -0.281. The van der Waals surface area contributed by atoms with Crippen LogP contribution in [0.1, 0.15) is 40.5 Å². The van der Waals surface area contributed by atoms with Crippen molar-refractivity contribution >= 4 is 11.9 Å². The predicted molar refractivity (Wildman–Crippen MR) is 63.0 cm³/mol. The Labute approximate surface area is 126 Å². The summed E-state index contributed by atoms with van der Waals surface area (Å²) >= 11 is 0. The minimum Gasteiger partial charge on any atom is -0.452 e. The van der Waals surface area contributed by atoms with Crippen LogP contribution in [-0.4, -0.2) is 40.6 Å². The van der Waals surface area contributed by atoms with E-state index < -0.39 is 16.3 Å². The van der Waals surface area contributed by atoms with Gasteiger partial charge in [-0.2, -0.15) is 14.0 Å². The summed E-state index contributed by atoms with van der Waals surface area (Å²) < 4.78 is 37.8. The van der Waals surface area contributed by atoms with E-state index in [0.717, 1.165) is 19.4 Å². The summed E-state index contributed by atoms with van der Waals surface area (Å²) in [6.45, 7) is 8.79. The van der Waals surface area contributed by atoms with E-state index >= 15 is 0 Å². The third kappa shape index (κ3) is 8.18. The number of rotatable bonds is 4. The summed E-state index contributed by atoms with van der Waals surface area (Å²) in [5, 5.41) is 0. The fourth-order valence-electron chi connectivity index (χ4n) is 2.07. The predicted octanol–water partition coefficient (Wildman–Crippen LogP) is -2.54. The van der Waals surface area contributed by atoms with Gasteiger partial charge in [0.2, 0.25) is 0 Å². The molecule has 0 saturated carbocycles. The summed E-state index contributed by atoms with van der Waals surface area (Å²) in [4.78, 5) is 24.8. The summed E-state index contributed by atoms with van der Waals surface area (Å²) in [6, 6.07) is 0. The molecule has 1 aliphatic rings. The molecule has 1 fully saturated rings. The highest BCUT2D eigenvalue weighted by molar-refractivity contribution is 5.86. The number of carbonyl (C=O) groups is 2. The number of likely N-dealkylation sites (tertiary alicyclic amines) is 1. The zero-order chi connectivity index (χ0) is 16.8. The first kappa shape index (κ1) is 20.1. The number of hydrogen-bond donors (Lipinski definition) is 1. The average molecular weight is 328 g/mol. The Morgan fingerprint density at radius 3 is 2.33 bits per heavy atom. The quantitative estimate of drug-likeness (QED) is 0.562. The molecule has 1 aliphatic heterocycles. The van der Waals surface area contributed by atoms with E-state index in [-0.39, 0.29) is 17.3 Å². The Morgan fingerprint density at radius 2 is 1.95 bits per heavy atom. The second-order valence-corrected chi connectivity index (χ2v) is 6.28. The molecule has 1 atom stereocenters. The van der Waals surface area contributed by atoms with Crippen LogP contribution in [0.3, 0.4) is 0 Å². The van der Waals surface area contributed by atoms with E-state index in [1.54, 1.807) is 4.90 Å². The smallest absolute Gasteiger partial charge is 0.303 e. The van der Waals surface area contributed by atoms with Gasteiger partial charge in [-0.05, 0) is 6.42 Å². The molecule has 0 aliphatic carbocycles. The molecule has 0 spiro atoms. The van der Waals surface area contributed by atoms with E-state index in [9.17, 15) is 9.59 Å². The van der Waals surface area contributed by atoms with E-state index in [0.29, 0.717) is 6.54 Å². The molecule has 1 heterocycles. The number of nitrogens with zero attached hydrogens (tertiary/aromatic N) is 1. The van der Waals surface area contributed by atoms with E-state index in [4.69, 9.17) is 23.4 Å². The van der Waals surface area contributed by atoms with Gasteiger partial charge in [-0.3, -0.25) is 9.59 Å². The number of amides is 1. The van der Waals surface area contributed by atoms with Crippen LogP contribution in [0.2, 0.25) is 0 Å². The van der Waals surface area contributed by atoms with Crippen molar-refractivity contribution < 1.29 is 43.2 Å². The topological polar surface area (TPSA) is 136 Å². The van der Waals surface area contributed by atoms with Crippen molar-refractivity contribution in [2.75, 3.05) is 13.1 Å². The fraction of sp³-hybridized carbons (Fsp3) is 0.833. The lowest BCUT2D eigenvalue weighted by Gasteiger charge is -2.22. The van der Waals surface area contributed by atoms with Gasteiger partial charge < -0.3 is 9.64 Å². The standard InChI is InChI=1S/C12H21NO3.ClHO4/c1-5-6-7-13-8-12(3,4)10(11(13)15)16-9(2)14;2-1(3,4)5/h10H,5-8H2,1-4H3;(H,2,3,4,5)/t10-;/m0./s1. The first-order valence-electron chi connectivity index (χ1n) is 6.47. The van der Waals surface area contributed by atoms with Gasteiger partial charge in [-0.15, -0.1) is 0 Å². The largest absolute Gasteiger partial charge is 0.452 e. The van der Waals surface area contributed by atoms with Gasteiger partial charge in [0.1, 0.15) is 0 Å². The average Bonchev–Trinajstić information content (AvgIpc) is 2.47. The van der Waals surface area contributed by atoms with Gasteiger partial charge in [0.25, 0.3) is 5.91 Å². The molecular formula is C12H22ClNO7. The van der Waals surface area contributed by atoms with Crippen LogP contribution in [-0.2, 0) is 14.3 Å². The lowest BCUT2D eigenvalue weighted by Crippen LogP contribution is -2.58. The Kier molecular flexibility index (Phi) is 7.55. The van der Waals surface area contributed by atoms with Gasteiger partial charge in [0, 0.05) is 25.4 Å². The highest BCUT2D eigenvalue weighted by Gasteiger charge is 2.48. The van der Waals surface area contributed by atoms with E-state index in [1.165, 1.54) is 6.92 Å². The molecule has 1 rings (SSSR count). The Balaban J connectivity index is 0.000000690. The highest BCUT2D eigenvalue weighted by Crippen LogP contribution is 2.33. The number of hydrogen-bond acceptors (Lipinski definition) is 7. The van der Waals surface area contributed by atoms with Gasteiger partial charge in [-0.1, -0.05) is 27.2 Å². The lowest BCUT2D eigenvalue weighted by atomic mass is 9.90. The van der Waals surface area contributed by atoms with Crippen LogP contribution in [0.4, 0.5) is 0 Å². The first-order valence-corrected chi connectivity index (χ1v) is 7.74. The third-order valence-corrected chi connectivity index (χ3v) is 2.91. The normalized spacial score (nSPS) is 20.9. The van der Waals surface area contributed by atoms with Gasteiger partial charge in [0.05, 0.1) is 14.9 Å². The summed E-state index contributed by atoms with van der Waals surface area (Å²) in [6.07, 6.45) is 1.44. The molecule has 1 N–H and O–H groups in total. The van der Waals surface area contributed by atoms with Crippen LogP contribution in [0.5, 0.6) is 0 Å². The number of carbonyl (C=O) groups excluding carboxylic acids is 2. The molecule has 0 aromatic rings. The highest BCUT2D eigenvalue weighted by atomic mass is 35.7. The second-order valence-electron chi connectivity index (χ2n) is 5.49. The zero-order valence-corrected chi connectivity index (χ0v) is 13.4. The van der Waals surface area contributed by atoms with Crippen molar-refractivity contribution in [3.63, 3.8) is 0 Å². The molecule has 9 heteroatoms. The van der Waals surface area contributed by atoms with Crippen molar-refractivity contribution in [3.8, 4) is 0 Å². The molecule has 21 heavy (non-hydrogen) atoms. The van der Waals surface area contributed by atoms with Crippen molar-refractivity contribution in [2.45, 2.75) is 46.6 Å². The van der Waals surface area contributed by atoms with Crippen molar-refractivity contribution in [2.24, 2.45) is 5.41 Å². The molecule has 0 bridgehead atoms. The molecule has 0 radical (unpaired) electrons. The van der Waals surface area contributed by atoms with Crippen molar-refractivity contribution in [3.05, 3.63) is 0 Å². The fourth-order valence-corrected chi connectivity index (χ4v) is 2.07. The summed E-state index contributed by atoms with van der Waals surface area (Å²) in [7, 11) is -4.69. The van der Waals surface area contributed by atoms with Crippen LogP contribution < -0.4 is 14.0 Å². The Hall–Kier alpha value is -0.930. The minimum atomic E-state index is -4.69. The molecule has 0 unspecified atom stereocenters. The second kappa shape index (κ2) is 7.90. The maximum Gasteiger partial charge on any atom is 0.303 e. The first-order chi connectivity index (χ1) is 9.38. The van der Waals surface area contributed by atoms with E-state index in [1.807, 2.05) is 13.8 Å². The Morgan fingerprint density at radius 1 is 1.48 bits per heavy atom. The molecule has 124 valence electrons. The Bertz CT molecular complexity index is 361. The van der Waals surface area contributed by atoms with Crippen LogP contribution in [0, 0.1) is 15.7 Å². The van der Waals surface area contributed by atoms with Crippen molar-refractivity contribution in [1.82, 2.24) is 4.90 Å². The maximum atomic E-state index is 12.0. The number of ether oxygens (including phenoxy) is 1. The van der Waals surface area contributed by atoms with Gasteiger partial charge in [-0.25, -0.2) is 0 Å².